The number of piperazine rings is 1. The van der Waals surface area contributed by atoms with Gasteiger partial charge in [-0.25, -0.2) is 0 Å². The Morgan fingerprint density at radius 3 is 2.12 bits per heavy atom. The molecule has 1 atom stereocenters. The van der Waals surface area contributed by atoms with Crippen LogP contribution in [0.25, 0.3) is 11.1 Å². The van der Waals surface area contributed by atoms with E-state index in [0.717, 1.165) is 67.0 Å². The Kier molecular flexibility index (Phi) is 7.78. The van der Waals surface area contributed by atoms with E-state index in [0.29, 0.717) is 11.8 Å². The minimum atomic E-state index is 0.0248. The van der Waals surface area contributed by atoms with E-state index in [9.17, 15) is 4.79 Å². The third kappa shape index (κ3) is 5.48. The summed E-state index contributed by atoms with van der Waals surface area (Å²) < 4.78 is 0. The van der Waals surface area contributed by atoms with Gasteiger partial charge in [-0.3, -0.25) is 14.6 Å². The molecule has 0 saturated carbocycles. The van der Waals surface area contributed by atoms with E-state index in [4.69, 9.17) is 23.2 Å². The largest absolute Gasteiger partial charge is 0.339 e. The van der Waals surface area contributed by atoms with Gasteiger partial charge < -0.3 is 4.90 Å². The fourth-order valence-corrected chi connectivity index (χ4v) is 5.32. The van der Waals surface area contributed by atoms with E-state index in [1.165, 1.54) is 18.4 Å². The van der Waals surface area contributed by atoms with Crippen LogP contribution in [0.15, 0.2) is 42.5 Å². The molecule has 2 saturated heterocycles. The summed E-state index contributed by atoms with van der Waals surface area (Å²) in [5.74, 6) is 0.657. The number of halogens is 2. The van der Waals surface area contributed by atoms with Gasteiger partial charge in [-0.15, -0.1) is 0 Å². The summed E-state index contributed by atoms with van der Waals surface area (Å²) in [6.07, 6.45) is 2.42. The number of amides is 1. The van der Waals surface area contributed by atoms with Crippen LogP contribution in [0.5, 0.6) is 0 Å². The zero-order chi connectivity index (χ0) is 22.7. The van der Waals surface area contributed by atoms with E-state index in [1.54, 1.807) is 0 Å². The van der Waals surface area contributed by atoms with Crippen molar-refractivity contribution in [2.75, 3.05) is 39.3 Å². The fourth-order valence-electron chi connectivity index (χ4n) is 5.02. The molecule has 0 N–H and O–H groups in total. The van der Waals surface area contributed by atoms with Crippen LogP contribution < -0.4 is 0 Å². The fraction of sp³-hybridized carbons (Fsp3) is 0.500. The summed E-state index contributed by atoms with van der Waals surface area (Å²) in [5, 5.41) is 1.46. The Morgan fingerprint density at radius 1 is 0.875 bits per heavy atom. The lowest BCUT2D eigenvalue weighted by Gasteiger charge is -2.39. The van der Waals surface area contributed by atoms with E-state index >= 15 is 0 Å². The minimum absolute atomic E-state index is 0.0248. The maximum atomic E-state index is 13.3. The molecule has 4 rings (SSSR count). The summed E-state index contributed by atoms with van der Waals surface area (Å²) in [6, 6.07) is 14.0. The lowest BCUT2D eigenvalue weighted by atomic mass is 9.99. The monoisotopic (exact) mass is 473 g/mol. The van der Waals surface area contributed by atoms with Gasteiger partial charge in [0.25, 0.3) is 0 Å². The number of likely N-dealkylation sites (tertiary alicyclic amines) is 1. The average Bonchev–Trinajstić information content (AvgIpc) is 3.30. The van der Waals surface area contributed by atoms with Crippen LogP contribution in [-0.2, 0) is 11.3 Å². The second-order valence-corrected chi connectivity index (χ2v) is 10.2. The first-order valence-corrected chi connectivity index (χ1v) is 12.5. The molecule has 4 nitrogen and oxygen atoms in total. The van der Waals surface area contributed by atoms with Crippen LogP contribution >= 0.6 is 23.2 Å². The van der Waals surface area contributed by atoms with Gasteiger partial charge in [0.1, 0.15) is 0 Å². The molecule has 0 unspecified atom stereocenters. The molecule has 0 bridgehead atoms. The van der Waals surface area contributed by atoms with E-state index in [2.05, 4.69) is 34.6 Å². The highest BCUT2D eigenvalue weighted by Crippen LogP contribution is 2.29. The van der Waals surface area contributed by atoms with Gasteiger partial charge in [0.2, 0.25) is 5.91 Å². The smallest absolute Gasteiger partial charge is 0.240 e. The summed E-state index contributed by atoms with van der Waals surface area (Å²) in [7, 11) is 0. The lowest BCUT2D eigenvalue weighted by Crippen LogP contribution is -2.55. The normalized spacial score (nSPS) is 19.0. The molecule has 2 aliphatic heterocycles. The third-order valence-electron chi connectivity index (χ3n) is 6.72. The molecule has 1 amide bonds. The minimum Gasteiger partial charge on any atom is -0.339 e. The van der Waals surface area contributed by atoms with Gasteiger partial charge >= 0.3 is 0 Å². The number of carbonyl (C=O) groups is 1. The Labute approximate surface area is 202 Å². The van der Waals surface area contributed by atoms with E-state index in [-0.39, 0.29) is 6.04 Å². The maximum absolute atomic E-state index is 13.3. The molecule has 2 aromatic rings. The summed E-state index contributed by atoms with van der Waals surface area (Å²) in [5.41, 5.74) is 3.50. The lowest BCUT2D eigenvalue weighted by molar-refractivity contribution is -0.140. The van der Waals surface area contributed by atoms with Gasteiger partial charge in [0, 0.05) is 42.8 Å². The predicted octanol–water partition coefficient (Wildman–Crippen LogP) is 5.43. The zero-order valence-corrected chi connectivity index (χ0v) is 20.6. The molecule has 32 heavy (non-hydrogen) atoms. The first-order valence-electron chi connectivity index (χ1n) is 11.7. The van der Waals surface area contributed by atoms with Crippen molar-refractivity contribution < 1.29 is 4.79 Å². The van der Waals surface area contributed by atoms with Gasteiger partial charge in [-0.2, -0.15) is 0 Å². The van der Waals surface area contributed by atoms with Gasteiger partial charge in [0.05, 0.1) is 6.04 Å². The van der Waals surface area contributed by atoms with Crippen molar-refractivity contribution in [3.8, 4) is 11.1 Å². The second-order valence-electron chi connectivity index (χ2n) is 9.34. The molecule has 2 heterocycles. The first-order chi connectivity index (χ1) is 15.4. The Balaban J connectivity index is 1.41. The Morgan fingerprint density at radius 2 is 1.50 bits per heavy atom. The molecular weight excluding hydrogens is 441 g/mol. The van der Waals surface area contributed by atoms with Crippen molar-refractivity contribution in [1.82, 2.24) is 14.7 Å². The highest BCUT2D eigenvalue weighted by Gasteiger charge is 2.34. The van der Waals surface area contributed by atoms with Crippen molar-refractivity contribution in [2.45, 2.75) is 39.3 Å². The highest BCUT2D eigenvalue weighted by molar-refractivity contribution is 6.31. The first kappa shape index (κ1) is 23.6. The number of hydrogen-bond donors (Lipinski definition) is 0. The number of rotatable bonds is 6. The van der Waals surface area contributed by atoms with Crippen molar-refractivity contribution in [3.05, 3.63) is 58.1 Å². The van der Waals surface area contributed by atoms with E-state index < -0.39 is 0 Å². The molecule has 2 aliphatic rings. The average molecular weight is 474 g/mol. The summed E-state index contributed by atoms with van der Waals surface area (Å²) >= 11 is 12.4. The predicted molar refractivity (Wildman–Crippen MR) is 133 cm³/mol. The molecular formula is C26H33Cl2N3O. The standard InChI is InChI=1S/C26H33Cl2N3O/c1-19(2)25(30-11-3-4-12-30)26(32)31-15-13-29(14-16-31)18-21-7-10-23(28)17-24(21)20-5-8-22(27)9-6-20/h5-10,17,19,25H,3-4,11-16,18H2,1-2H3/t25-/m0/s1. The molecule has 2 aromatic carbocycles. The summed E-state index contributed by atoms with van der Waals surface area (Å²) in [4.78, 5) is 20.3. The molecule has 0 radical (unpaired) electrons. The topological polar surface area (TPSA) is 26.8 Å². The van der Waals surface area contributed by atoms with Crippen LogP contribution in [0.4, 0.5) is 0 Å². The number of benzene rings is 2. The molecule has 0 spiro atoms. The van der Waals surface area contributed by atoms with Crippen LogP contribution in [0.3, 0.4) is 0 Å². The van der Waals surface area contributed by atoms with Crippen molar-refractivity contribution in [3.63, 3.8) is 0 Å². The van der Waals surface area contributed by atoms with Gasteiger partial charge in [0.15, 0.2) is 0 Å². The van der Waals surface area contributed by atoms with E-state index in [1.807, 2.05) is 36.4 Å². The molecule has 2 fully saturated rings. The number of carbonyl (C=O) groups excluding carboxylic acids is 1. The second kappa shape index (κ2) is 10.6. The maximum Gasteiger partial charge on any atom is 0.240 e. The SMILES string of the molecule is CC(C)[C@@H](C(=O)N1CCN(Cc2ccc(Cl)cc2-c2ccc(Cl)cc2)CC1)N1CCCC1. The van der Waals surface area contributed by atoms with Crippen molar-refractivity contribution in [1.29, 1.82) is 0 Å². The van der Waals surface area contributed by atoms with Crippen LogP contribution in [0, 0.1) is 5.92 Å². The molecule has 0 aliphatic carbocycles. The third-order valence-corrected chi connectivity index (χ3v) is 7.21. The number of hydrogen-bond acceptors (Lipinski definition) is 3. The summed E-state index contributed by atoms with van der Waals surface area (Å²) in [6.45, 7) is 10.7. The van der Waals surface area contributed by atoms with Crippen molar-refractivity contribution >= 4 is 29.1 Å². The van der Waals surface area contributed by atoms with Crippen LogP contribution in [-0.4, -0.2) is 65.9 Å². The highest BCUT2D eigenvalue weighted by atomic mass is 35.5. The molecule has 6 heteroatoms. The van der Waals surface area contributed by atoms with Crippen molar-refractivity contribution in [2.24, 2.45) is 5.92 Å². The quantitative estimate of drug-likeness (QED) is 0.559. The van der Waals surface area contributed by atoms with Gasteiger partial charge in [-0.1, -0.05) is 55.2 Å². The Bertz CT molecular complexity index is 917. The Hall–Kier alpha value is -1.59. The molecule has 172 valence electrons. The van der Waals surface area contributed by atoms with Gasteiger partial charge in [-0.05, 0) is 72.8 Å². The van der Waals surface area contributed by atoms with Crippen LogP contribution in [0.2, 0.25) is 10.0 Å². The zero-order valence-electron chi connectivity index (χ0n) is 19.1. The number of nitrogens with zero attached hydrogens (tertiary/aromatic N) is 3. The molecule has 0 aromatic heterocycles. The van der Waals surface area contributed by atoms with Crippen LogP contribution in [0.1, 0.15) is 32.3 Å².